The highest BCUT2D eigenvalue weighted by molar-refractivity contribution is 5.51. The van der Waals surface area contributed by atoms with Crippen LogP contribution < -0.4 is 10.2 Å². The molecule has 1 aromatic carbocycles. The summed E-state index contributed by atoms with van der Waals surface area (Å²) in [4.78, 5) is 2.54. The largest absolute Gasteiger partial charge is 0.371 e. The van der Waals surface area contributed by atoms with Crippen LogP contribution in [-0.2, 0) is 0 Å². The number of nitrogens with zero attached hydrogens (tertiary/aromatic N) is 1. The molecule has 100 valence electrons. The number of aryl methyl sites for hydroxylation is 2. The first-order valence-electron chi connectivity index (χ1n) is 7.23. The molecule has 0 amide bonds. The molecule has 1 atom stereocenters. The highest BCUT2D eigenvalue weighted by Gasteiger charge is 2.22. The summed E-state index contributed by atoms with van der Waals surface area (Å²) in [7, 11) is 0. The van der Waals surface area contributed by atoms with E-state index in [-0.39, 0.29) is 0 Å². The Bertz CT molecular complexity index is 366. The molecule has 1 saturated heterocycles. The molecule has 0 aromatic heterocycles. The van der Waals surface area contributed by atoms with Crippen LogP contribution >= 0.6 is 0 Å². The molecular weight excluding hydrogens is 220 g/mol. The molecule has 1 heterocycles. The van der Waals surface area contributed by atoms with E-state index in [0.717, 1.165) is 12.5 Å². The lowest BCUT2D eigenvalue weighted by molar-refractivity contribution is 0.516. The molecule has 1 N–H and O–H groups in total. The SMILES string of the molecule is CCCNCC1CCN(c2cc(C)cc(C)c2)C1. The van der Waals surface area contributed by atoms with Gasteiger partial charge in [0.05, 0.1) is 0 Å². The maximum absolute atomic E-state index is 3.55. The lowest BCUT2D eigenvalue weighted by Crippen LogP contribution is -2.26. The van der Waals surface area contributed by atoms with Gasteiger partial charge >= 0.3 is 0 Å². The molecule has 1 unspecified atom stereocenters. The van der Waals surface area contributed by atoms with Gasteiger partial charge in [-0.05, 0) is 69.0 Å². The highest BCUT2D eigenvalue weighted by atomic mass is 15.2. The summed E-state index contributed by atoms with van der Waals surface area (Å²) in [6.45, 7) is 11.3. The van der Waals surface area contributed by atoms with Gasteiger partial charge in [-0.25, -0.2) is 0 Å². The van der Waals surface area contributed by atoms with Crippen LogP contribution in [0.25, 0.3) is 0 Å². The second-order valence-electron chi connectivity index (χ2n) is 5.65. The normalized spacial score (nSPS) is 19.5. The maximum atomic E-state index is 3.55. The summed E-state index contributed by atoms with van der Waals surface area (Å²) in [5.74, 6) is 0.817. The third-order valence-corrected chi connectivity index (χ3v) is 3.72. The monoisotopic (exact) mass is 246 g/mol. The van der Waals surface area contributed by atoms with Crippen molar-refractivity contribution in [1.82, 2.24) is 5.32 Å². The minimum absolute atomic E-state index is 0.817. The Labute approximate surface area is 111 Å². The average molecular weight is 246 g/mol. The Morgan fingerprint density at radius 3 is 2.61 bits per heavy atom. The van der Waals surface area contributed by atoms with E-state index >= 15 is 0 Å². The molecule has 2 heteroatoms. The smallest absolute Gasteiger partial charge is 0.0371 e. The molecule has 0 spiro atoms. The molecule has 0 bridgehead atoms. The lowest BCUT2D eigenvalue weighted by Gasteiger charge is -2.20. The summed E-state index contributed by atoms with van der Waals surface area (Å²) in [6, 6.07) is 6.88. The molecule has 2 nitrogen and oxygen atoms in total. The Hall–Kier alpha value is -1.02. The van der Waals surface area contributed by atoms with Crippen LogP contribution in [0.4, 0.5) is 5.69 Å². The molecule has 1 aliphatic rings. The molecule has 18 heavy (non-hydrogen) atoms. The van der Waals surface area contributed by atoms with Crippen LogP contribution in [-0.4, -0.2) is 26.2 Å². The van der Waals surface area contributed by atoms with E-state index < -0.39 is 0 Å². The van der Waals surface area contributed by atoms with Gasteiger partial charge in [0.25, 0.3) is 0 Å². The van der Waals surface area contributed by atoms with E-state index in [9.17, 15) is 0 Å². The Morgan fingerprint density at radius 2 is 1.94 bits per heavy atom. The Morgan fingerprint density at radius 1 is 1.22 bits per heavy atom. The molecule has 2 rings (SSSR count). The van der Waals surface area contributed by atoms with Crippen molar-refractivity contribution in [2.24, 2.45) is 5.92 Å². The minimum atomic E-state index is 0.817. The zero-order valence-electron chi connectivity index (χ0n) is 12.0. The van der Waals surface area contributed by atoms with Gasteiger partial charge in [0, 0.05) is 18.8 Å². The van der Waals surface area contributed by atoms with E-state index in [0.29, 0.717) is 0 Å². The van der Waals surface area contributed by atoms with Crippen molar-refractivity contribution in [1.29, 1.82) is 0 Å². The second kappa shape index (κ2) is 6.24. The topological polar surface area (TPSA) is 15.3 Å². The zero-order chi connectivity index (χ0) is 13.0. The van der Waals surface area contributed by atoms with Gasteiger partial charge in [-0.15, -0.1) is 0 Å². The summed E-state index contributed by atoms with van der Waals surface area (Å²) in [5, 5.41) is 3.55. The number of nitrogens with one attached hydrogen (secondary N) is 1. The first-order chi connectivity index (χ1) is 8.69. The van der Waals surface area contributed by atoms with Crippen molar-refractivity contribution in [2.45, 2.75) is 33.6 Å². The fraction of sp³-hybridized carbons (Fsp3) is 0.625. The number of hydrogen-bond acceptors (Lipinski definition) is 2. The quantitative estimate of drug-likeness (QED) is 0.803. The zero-order valence-corrected chi connectivity index (χ0v) is 12.0. The van der Waals surface area contributed by atoms with Gasteiger partial charge in [0.15, 0.2) is 0 Å². The van der Waals surface area contributed by atoms with E-state index in [4.69, 9.17) is 0 Å². The van der Waals surface area contributed by atoms with Gasteiger partial charge in [0.1, 0.15) is 0 Å². The van der Waals surface area contributed by atoms with E-state index in [1.165, 1.54) is 49.3 Å². The van der Waals surface area contributed by atoms with Gasteiger partial charge in [0.2, 0.25) is 0 Å². The summed E-state index contributed by atoms with van der Waals surface area (Å²) >= 11 is 0. The predicted molar refractivity (Wildman–Crippen MR) is 79.4 cm³/mol. The van der Waals surface area contributed by atoms with Crippen molar-refractivity contribution in [3.63, 3.8) is 0 Å². The lowest BCUT2D eigenvalue weighted by atomic mass is 10.1. The van der Waals surface area contributed by atoms with E-state index in [1.54, 1.807) is 0 Å². The second-order valence-corrected chi connectivity index (χ2v) is 5.65. The average Bonchev–Trinajstić information content (AvgIpc) is 2.77. The fourth-order valence-corrected chi connectivity index (χ4v) is 2.85. The van der Waals surface area contributed by atoms with Crippen LogP contribution in [0.15, 0.2) is 18.2 Å². The first-order valence-corrected chi connectivity index (χ1v) is 7.23. The van der Waals surface area contributed by atoms with Crippen LogP contribution in [0, 0.1) is 19.8 Å². The van der Waals surface area contributed by atoms with Crippen LogP contribution in [0.3, 0.4) is 0 Å². The Balaban J connectivity index is 1.91. The predicted octanol–water partition coefficient (Wildman–Crippen LogP) is 3.13. The van der Waals surface area contributed by atoms with E-state index in [1.807, 2.05) is 0 Å². The molecular formula is C16H26N2. The highest BCUT2D eigenvalue weighted by Crippen LogP contribution is 2.25. The fourth-order valence-electron chi connectivity index (χ4n) is 2.85. The molecule has 1 fully saturated rings. The van der Waals surface area contributed by atoms with Crippen LogP contribution in [0.1, 0.15) is 30.9 Å². The number of rotatable bonds is 5. The van der Waals surface area contributed by atoms with Gasteiger partial charge < -0.3 is 10.2 Å². The maximum Gasteiger partial charge on any atom is 0.0371 e. The number of anilines is 1. The third kappa shape index (κ3) is 3.49. The van der Waals surface area contributed by atoms with Crippen molar-refractivity contribution in [3.05, 3.63) is 29.3 Å². The van der Waals surface area contributed by atoms with Crippen molar-refractivity contribution < 1.29 is 0 Å². The third-order valence-electron chi connectivity index (χ3n) is 3.72. The molecule has 0 saturated carbocycles. The van der Waals surface area contributed by atoms with E-state index in [2.05, 4.69) is 49.2 Å². The number of benzene rings is 1. The molecule has 0 aliphatic carbocycles. The van der Waals surface area contributed by atoms with Crippen molar-refractivity contribution >= 4 is 5.69 Å². The van der Waals surface area contributed by atoms with Gasteiger partial charge in [-0.1, -0.05) is 13.0 Å². The minimum Gasteiger partial charge on any atom is -0.371 e. The first kappa shape index (κ1) is 13.4. The van der Waals surface area contributed by atoms with Crippen LogP contribution in [0.5, 0.6) is 0 Å². The summed E-state index contributed by atoms with van der Waals surface area (Å²) in [6.07, 6.45) is 2.55. The summed E-state index contributed by atoms with van der Waals surface area (Å²) in [5.41, 5.74) is 4.15. The van der Waals surface area contributed by atoms with Crippen molar-refractivity contribution in [2.75, 3.05) is 31.1 Å². The van der Waals surface area contributed by atoms with Gasteiger partial charge in [-0.2, -0.15) is 0 Å². The van der Waals surface area contributed by atoms with Crippen molar-refractivity contribution in [3.8, 4) is 0 Å². The van der Waals surface area contributed by atoms with Crippen LogP contribution in [0.2, 0.25) is 0 Å². The molecule has 1 aliphatic heterocycles. The standard InChI is InChI=1S/C16H26N2/c1-4-6-17-11-15-5-7-18(12-15)16-9-13(2)8-14(3)10-16/h8-10,15,17H,4-7,11-12H2,1-3H3. The number of hydrogen-bond donors (Lipinski definition) is 1. The summed E-state index contributed by atoms with van der Waals surface area (Å²) < 4.78 is 0. The molecule has 1 aromatic rings. The Kier molecular flexibility index (Phi) is 4.65. The molecule has 0 radical (unpaired) electrons. The van der Waals surface area contributed by atoms with Gasteiger partial charge in [-0.3, -0.25) is 0 Å².